The van der Waals surface area contributed by atoms with Gasteiger partial charge < -0.3 is 41.7 Å². The van der Waals surface area contributed by atoms with Gasteiger partial charge in [-0.25, -0.2) is 4.79 Å². The van der Waals surface area contributed by atoms with Crippen LogP contribution in [0.4, 0.5) is 0 Å². The molecule has 164 valence electrons. The second-order valence-corrected chi connectivity index (χ2v) is 6.70. The third-order valence-corrected chi connectivity index (χ3v) is 4.41. The summed E-state index contributed by atoms with van der Waals surface area (Å²) in [7, 11) is 0. The number of carboxylic acids is 2. The minimum atomic E-state index is -1.57. The first kappa shape index (κ1) is 24.3. The van der Waals surface area contributed by atoms with Crippen molar-refractivity contribution in [1.82, 2.24) is 15.5 Å². The average Bonchev–Trinajstić information content (AvgIpc) is 3.11. The SMILES string of the molecule is CC(O)C(NC(=O)C1CCCN1C(=O)C(CO)NC(=O)C(N)CC(=O)O)C(=O)O. The predicted octanol–water partition coefficient (Wildman–Crippen LogP) is -3.79. The van der Waals surface area contributed by atoms with Gasteiger partial charge in [-0.1, -0.05) is 0 Å². The molecule has 0 aliphatic carbocycles. The van der Waals surface area contributed by atoms with Crippen LogP contribution in [0.2, 0.25) is 0 Å². The van der Waals surface area contributed by atoms with E-state index in [0.29, 0.717) is 6.42 Å². The minimum absolute atomic E-state index is 0.122. The number of nitrogens with zero attached hydrogens (tertiary/aromatic N) is 1. The van der Waals surface area contributed by atoms with Crippen LogP contribution in [-0.2, 0) is 24.0 Å². The molecule has 13 heteroatoms. The zero-order valence-corrected chi connectivity index (χ0v) is 15.8. The zero-order valence-electron chi connectivity index (χ0n) is 15.8. The average molecular weight is 418 g/mol. The Kier molecular flexibility index (Phi) is 8.94. The standard InChI is InChI=1S/C16H26N4O9/c1-7(22)12(16(28)29)19-14(26)10-3-2-4-20(10)15(27)9(6-21)18-13(25)8(17)5-11(23)24/h7-10,12,21-22H,2-6,17H2,1H3,(H,18,25)(H,19,26)(H,23,24)(H,28,29). The molecule has 0 saturated carbocycles. The summed E-state index contributed by atoms with van der Waals surface area (Å²) in [6.07, 6.45) is -1.42. The van der Waals surface area contributed by atoms with Crippen molar-refractivity contribution in [2.45, 2.75) is 56.5 Å². The molecule has 0 radical (unpaired) electrons. The summed E-state index contributed by atoms with van der Waals surface area (Å²) in [5, 5.41) is 41.0. The van der Waals surface area contributed by atoms with E-state index < -0.39 is 73.0 Å². The molecule has 1 aliphatic heterocycles. The first-order valence-electron chi connectivity index (χ1n) is 8.89. The van der Waals surface area contributed by atoms with E-state index in [1.807, 2.05) is 0 Å². The van der Waals surface area contributed by atoms with Crippen molar-refractivity contribution in [3.63, 3.8) is 0 Å². The lowest BCUT2D eigenvalue weighted by molar-refractivity contribution is -0.147. The van der Waals surface area contributed by atoms with E-state index in [4.69, 9.17) is 15.9 Å². The normalized spacial score (nSPS) is 20.3. The molecular weight excluding hydrogens is 392 g/mol. The quantitative estimate of drug-likeness (QED) is 0.183. The number of aliphatic hydroxyl groups is 2. The molecule has 29 heavy (non-hydrogen) atoms. The van der Waals surface area contributed by atoms with Crippen LogP contribution in [0.25, 0.3) is 0 Å². The number of aliphatic hydroxyl groups excluding tert-OH is 2. The van der Waals surface area contributed by atoms with Crippen LogP contribution in [-0.4, -0.2) is 98.4 Å². The van der Waals surface area contributed by atoms with Crippen molar-refractivity contribution in [3.05, 3.63) is 0 Å². The molecule has 0 spiro atoms. The van der Waals surface area contributed by atoms with Crippen molar-refractivity contribution < 1.29 is 44.4 Å². The predicted molar refractivity (Wildman–Crippen MR) is 95.2 cm³/mol. The van der Waals surface area contributed by atoms with Crippen molar-refractivity contribution in [3.8, 4) is 0 Å². The summed E-state index contributed by atoms with van der Waals surface area (Å²) in [6, 6.07) is -5.51. The van der Waals surface area contributed by atoms with E-state index in [-0.39, 0.29) is 13.0 Å². The Hall–Kier alpha value is -2.77. The number of nitrogens with one attached hydrogen (secondary N) is 2. The highest BCUT2D eigenvalue weighted by Crippen LogP contribution is 2.19. The van der Waals surface area contributed by atoms with Crippen LogP contribution in [0.1, 0.15) is 26.2 Å². The van der Waals surface area contributed by atoms with Crippen LogP contribution in [0.15, 0.2) is 0 Å². The van der Waals surface area contributed by atoms with Crippen molar-refractivity contribution in [2.24, 2.45) is 5.73 Å². The molecule has 1 fully saturated rings. The van der Waals surface area contributed by atoms with E-state index in [1.165, 1.54) is 6.92 Å². The van der Waals surface area contributed by atoms with E-state index in [1.54, 1.807) is 0 Å². The molecule has 0 aromatic rings. The Morgan fingerprint density at radius 1 is 1.17 bits per heavy atom. The van der Waals surface area contributed by atoms with Gasteiger partial charge in [0.05, 0.1) is 25.2 Å². The van der Waals surface area contributed by atoms with E-state index in [2.05, 4.69) is 10.6 Å². The van der Waals surface area contributed by atoms with Crippen LogP contribution < -0.4 is 16.4 Å². The Morgan fingerprint density at radius 3 is 2.28 bits per heavy atom. The first-order chi connectivity index (χ1) is 13.5. The Morgan fingerprint density at radius 2 is 1.79 bits per heavy atom. The summed E-state index contributed by atoms with van der Waals surface area (Å²) in [6.45, 7) is 0.492. The molecule has 8 N–H and O–H groups in total. The highest BCUT2D eigenvalue weighted by atomic mass is 16.4. The third kappa shape index (κ3) is 6.66. The van der Waals surface area contributed by atoms with Gasteiger partial charge in [-0.2, -0.15) is 0 Å². The fourth-order valence-corrected chi connectivity index (χ4v) is 2.89. The molecule has 1 rings (SSSR count). The van der Waals surface area contributed by atoms with Gasteiger partial charge in [-0.15, -0.1) is 0 Å². The number of amides is 3. The summed E-state index contributed by atoms with van der Waals surface area (Å²) >= 11 is 0. The van der Waals surface area contributed by atoms with Crippen LogP contribution in [0.5, 0.6) is 0 Å². The van der Waals surface area contributed by atoms with Crippen LogP contribution in [0.3, 0.4) is 0 Å². The molecule has 1 saturated heterocycles. The number of carbonyl (C=O) groups is 5. The van der Waals surface area contributed by atoms with Crippen molar-refractivity contribution in [2.75, 3.05) is 13.2 Å². The Balaban J connectivity index is 2.84. The first-order valence-corrected chi connectivity index (χ1v) is 8.89. The number of likely N-dealkylation sites (tertiary alicyclic amines) is 1. The van der Waals surface area contributed by atoms with Crippen LogP contribution in [0, 0.1) is 0 Å². The largest absolute Gasteiger partial charge is 0.481 e. The summed E-state index contributed by atoms with van der Waals surface area (Å²) in [5.41, 5.74) is 5.42. The monoisotopic (exact) mass is 418 g/mol. The topological polar surface area (TPSA) is 220 Å². The maximum Gasteiger partial charge on any atom is 0.328 e. The summed E-state index contributed by atoms with van der Waals surface area (Å²) in [5.74, 6) is -5.32. The van der Waals surface area contributed by atoms with E-state index >= 15 is 0 Å². The maximum atomic E-state index is 12.7. The minimum Gasteiger partial charge on any atom is -0.481 e. The van der Waals surface area contributed by atoms with Crippen LogP contribution >= 0.6 is 0 Å². The van der Waals surface area contributed by atoms with Gasteiger partial charge in [0.25, 0.3) is 0 Å². The number of hydrogen-bond donors (Lipinski definition) is 7. The number of carboxylic acid groups (broad SMARTS) is 2. The Labute approximate surface area is 165 Å². The van der Waals surface area contributed by atoms with Crippen molar-refractivity contribution in [1.29, 1.82) is 0 Å². The third-order valence-electron chi connectivity index (χ3n) is 4.41. The number of nitrogens with two attached hydrogens (primary N) is 1. The number of aliphatic carboxylic acids is 2. The van der Waals surface area contributed by atoms with Gasteiger partial charge in [0, 0.05) is 6.54 Å². The number of rotatable bonds is 10. The van der Waals surface area contributed by atoms with E-state index in [9.17, 15) is 34.2 Å². The molecule has 1 heterocycles. The van der Waals surface area contributed by atoms with Gasteiger partial charge in [-0.05, 0) is 19.8 Å². The fraction of sp³-hybridized carbons (Fsp3) is 0.688. The molecule has 3 amide bonds. The highest BCUT2D eigenvalue weighted by molar-refractivity contribution is 5.95. The maximum absolute atomic E-state index is 12.7. The van der Waals surface area contributed by atoms with Gasteiger partial charge in [0.15, 0.2) is 6.04 Å². The zero-order chi connectivity index (χ0) is 22.3. The second kappa shape index (κ2) is 10.7. The Bertz CT molecular complexity index is 654. The number of hydrogen-bond acceptors (Lipinski definition) is 8. The molecule has 0 aromatic carbocycles. The highest BCUT2D eigenvalue weighted by Gasteiger charge is 2.39. The van der Waals surface area contributed by atoms with Gasteiger partial charge in [0.2, 0.25) is 17.7 Å². The van der Waals surface area contributed by atoms with Crippen molar-refractivity contribution >= 4 is 29.7 Å². The van der Waals surface area contributed by atoms with Gasteiger partial charge >= 0.3 is 11.9 Å². The summed E-state index contributed by atoms with van der Waals surface area (Å²) in [4.78, 5) is 59.9. The summed E-state index contributed by atoms with van der Waals surface area (Å²) < 4.78 is 0. The lowest BCUT2D eigenvalue weighted by atomic mass is 10.1. The second-order valence-electron chi connectivity index (χ2n) is 6.70. The lowest BCUT2D eigenvalue weighted by Crippen LogP contribution is -2.58. The molecule has 0 aromatic heterocycles. The lowest BCUT2D eigenvalue weighted by Gasteiger charge is -2.29. The molecule has 1 aliphatic rings. The van der Waals surface area contributed by atoms with Gasteiger partial charge in [-0.3, -0.25) is 19.2 Å². The molecule has 5 atom stereocenters. The smallest absolute Gasteiger partial charge is 0.328 e. The number of carbonyl (C=O) groups excluding carboxylic acids is 3. The molecular formula is C16H26N4O9. The molecule has 13 nitrogen and oxygen atoms in total. The molecule has 5 unspecified atom stereocenters. The fourth-order valence-electron chi connectivity index (χ4n) is 2.89. The van der Waals surface area contributed by atoms with E-state index in [0.717, 1.165) is 4.90 Å². The molecule has 0 bridgehead atoms. The van der Waals surface area contributed by atoms with Gasteiger partial charge in [0.1, 0.15) is 12.1 Å².